The van der Waals surface area contributed by atoms with E-state index in [1.165, 1.54) is 64.0 Å². The first-order chi connectivity index (χ1) is 14.2. The van der Waals surface area contributed by atoms with E-state index in [9.17, 15) is 0 Å². The Kier molecular flexibility index (Phi) is 7.49. The summed E-state index contributed by atoms with van der Waals surface area (Å²) >= 11 is 0. The van der Waals surface area contributed by atoms with Crippen LogP contribution in [0.1, 0.15) is 51.5 Å². The molecule has 2 aliphatic heterocycles. The van der Waals surface area contributed by atoms with Gasteiger partial charge in [-0.3, -0.25) is 4.90 Å². The standard InChI is InChI=1S/C25H40N2O2/c1-3-20(2)29-22-10-8-21(9-11-22)16-27-17-23-24(18-27)25(23)19-28-15-7-14-26-12-5-4-6-13-26/h8-11,20,23-25H,3-7,12-19H2,1-2H3/t20?,23-,24+,25?. The summed E-state index contributed by atoms with van der Waals surface area (Å²) in [7, 11) is 0. The van der Waals surface area contributed by atoms with E-state index >= 15 is 0 Å². The lowest BCUT2D eigenvalue weighted by Gasteiger charge is -2.26. The van der Waals surface area contributed by atoms with Crippen molar-refractivity contribution in [2.75, 3.05) is 45.9 Å². The number of likely N-dealkylation sites (tertiary alicyclic amines) is 2. The third-order valence-electron chi connectivity index (χ3n) is 7.21. The van der Waals surface area contributed by atoms with Gasteiger partial charge in [-0.15, -0.1) is 0 Å². The number of hydrogen-bond acceptors (Lipinski definition) is 4. The molecular weight excluding hydrogens is 360 g/mol. The number of ether oxygens (including phenoxy) is 2. The van der Waals surface area contributed by atoms with Gasteiger partial charge >= 0.3 is 0 Å². The highest BCUT2D eigenvalue weighted by atomic mass is 16.5. The van der Waals surface area contributed by atoms with Gasteiger partial charge in [0, 0.05) is 32.8 Å². The van der Waals surface area contributed by atoms with Crippen LogP contribution < -0.4 is 4.74 Å². The third-order valence-corrected chi connectivity index (χ3v) is 7.21. The minimum atomic E-state index is 0.287. The molecule has 3 fully saturated rings. The number of hydrogen-bond donors (Lipinski definition) is 0. The lowest BCUT2D eigenvalue weighted by Crippen LogP contribution is -2.31. The summed E-state index contributed by atoms with van der Waals surface area (Å²) in [5, 5.41) is 0. The summed E-state index contributed by atoms with van der Waals surface area (Å²) in [5.74, 6) is 3.58. The molecule has 1 aliphatic carbocycles. The Balaban J connectivity index is 1.08. The van der Waals surface area contributed by atoms with Crippen LogP contribution in [0.3, 0.4) is 0 Å². The Bertz CT molecular complexity index is 602. The van der Waals surface area contributed by atoms with Crippen LogP contribution in [0.5, 0.6) is 5.75 Å². The van der Waals surface area contributed by atoms with E-state index in [1.807, 2.05) is 0 Å². The van der Waals surface area contributed by atoms with E-state index in [1.54, 1.807) is 0 Å². The minimum absolute atomic E-state index is 0.287. The molecule has 0 radical (unpaired) electrons. The summed E-state index contributed by atoms with van der Waals surface area (Å²) in [6.07, 6.45) is 6.73. The first-order valence-electron chi connectivity index (χ1n) is 12.0. The van der Waals surface area contributed by atoms with Crippen LogP contribution >= 0.6 is 0 Å². The highest BCUT2D eigenvalue weighted by molar-refractivity contribution is 5.27. The maximum absolute atomic E-state index is 6.03. The number of piperidine rings is 2. The van der Waals surface area contributed by atoms with E-state index in [0.29, 0.717) is 0 Å². The number of rotatable bonds is 11. The summed E-state index contributed by atoms with van der Waals surface area (Å²) < 4.78 is 11.9. The molecular formula is C25H40N2O2. The van der Waals surface area contributed by atoms with E-state index in [4.69, 9.17) is 9.47 Å². The van der Waals surface area contributed by atoms with Crippen molar-refractivity contribution in [3.63, 3.8) is 0 Å². The smallest absolute Gasteiger partial charge is 0.119 e. The average molecular weight is 401 g/mol. The normalized spacial score (nSPS) is 28.3. The van der Waals surface area contributed by atoms with E-state index in [-0.39, 0.29) is 6.10 Å². The summed E-state index contributed by atoms with van der Waals surface area (Å²) in [5.41, 5.74) is 1.40. The fraction of sp³-hybridized carbons (Fsp3) is 0.760. The molecule has 4 rings (SSSR count). The molecule has 0 spiro atoms. The van der Waals surface area contributed by atoms with Gasteiger partial charge < -0.3 is 14.4 Å². The van der Waals surface area contributed by atoms with Gasteiger partial charge in [0.1, 0.15) is 5.75 Å². The second-order valence-electron chi connectivity index (χ2n) is 9.50. The zero-order valence-corrected chi connectivity index (χ0v) is 18.5. The van der Waals surface area contributed by atoms with E-state index in [0.717, 1.165) is 49.7 Å². The molecule has 0 aromatic heterocycles. The largest absolute Gasteiger partial charge is 0.491 e. The fourth-order valence-electron chi connectivity index (χ4n) is 5.15. The van der Waals surface area contributed by atoms with Crippen LogP contribution in [0.25, 0.3) is 0 Å². The third kappa shape index (κ3) is 5.96. The highest BCUT2D eigenvalue weighted by Crippen LogP contribution is 2.52. The SMILES string of the molecule is CCC(C)Oc1ccc(CN2C[C@@H]3C(COCCCN4CCCCC4)[C@@H]3C2)cc1. The van der Waals surface area contributed by atoms with Gasteiger partial charge in [0.05, 0.1) is 12.7 Å². The molecule has 4 heteroatoms. The van der Waals surface area contributed by atoms with Crippen molar-refractivity contribution < 1.29 is 9.47 Å². The summed E-state index contributed by atoms with van der Waals surface area (Å²) in [4.78, 5) is 5.23. The molecule has 4 nitrogen and oxygen atoms in total. The van der Waals surface area contributed by atoms with Gasteiger partial charge in [0.2, 0.25) is 0 Å². The van der Waals surface area contributed by atoms with Crippen LogP contribution in [0.15, 0.2) is 24.3 Å². The van der Waals surface area contributed by atoms with Crippen LogP contribution in [-0.2, 0) is 11.3 Å². The maximum atomic E-state index is 6.03. The molecule has 29 heavy (non-hydrogen) atoms. The van der Waals surface area contributed by atoms with Gasteiger partial charge in [-0.2, -0.15) is 0 Å². The molecule has 0 amide bonds. The average Bonchev–Trinajstić information content (AvgIpc) is 3.20. The first kappa shape index (κ1) is 21.1. The molecule has 1 saturated carbocycles. The highest BCUT2D eigenvalue weighted by Gasteiger charge is 2.55. The molecule has 4 atom stereocenters. The van der Waals surface area contributed by atoms with Crippen LogP contribution in [0.4, 0.5) is 0 Å². The number of nitrogens with zero attached hydrogens (tertiary/aromatic N) is 2. The fourth-order valence-corrected chi connectivity index (χ4v) is 5.15. The Morgan fingerprint density at radius 3 is 2.41 bits per heavy atom. The van der Waals surface area contributed by atoms with Crippen molar-refractivity contribution in [1.82, 2.24) is 9.80 Å². The summed E-state index contributed by atoms with van der Waals surface area (Å²) in [6.45, 7) is 13.6. The number of benzene rings is 1. The van der Waals surface area contributed by atoms with Crippen LogP contribution in [-0.4, -0.2) is 61.8 Å². The van der Waals surface area contributed by atoms with Crippen LogP contribution in [0, 0.1) is 17.8 Å². The quantitative estimate of drug-likeness (QED) is 0.513. The molecule has 2 saturated heterocycles. The van der Waals surface area contributed by atoms with E-state index < -0.39 is 0 Å². The molecule has 2 unspecified atom stereocenters. The zero-order valence-electron chi connectivity index (χ0n) is 18.5. The molecule has 3 aliphatic rings. The molecule has 162 valence electrons. The van der Waals surface area contributed by atoms with Gasteiger partial charge in [0.15, 0.2) is 0 Å². The Morgan fingerprint density at radius 2 is 1.72 bits per heavy atom. The molecule has 0 bridgehead atoms. The Morgan fingerprint density at radius 1 is 1.00 bits per heavy atom. The zero-order chi connectivity index (χ0) is 20.1. The van der Waals surface area contributed by atoms with Crippen molar-refractivity contribution in [2.24, 2.45) is 17.8 Å². The Hall–Kier alpha value is -1.10. The Labute approximate surface area is 177 Å². The molecule has 0 N–H and O–H groups in total. The van der Waals surface area contributed by atoms with Gasteiger partial charge in [-0.25, -0.2) is 0 Å². The van der Waals surface area contributed by atoms with Gasteiger partial charge in [0.25, 0.3) is 0 Å². The van der Waals surface area contributed by atoms with Gasteiger partial charge in [-0.1, -0.05) is 25.5 Å². The lowest BCUT2D eigenvalue weighted by atomic mass is 10.1. The van der Waals surface area contributed by atoms with Crippen molar-refractivity contribution in [3.8, 4) is 5.75 Å². The first-order valence-corrected chi connectivity index (χ1v) is 12.0. The second-order valence-corrected chi connectivity index (χ2v) is 9.50. The second kappa shape index (κ2) is 10.3. The van der Waals surface area contributed by atoms with Crippen molar-refractivity contribution in [2.45, 2.75) is 58.6 Å². The van der Waals surface area contributed by atoms with E-state index in [2.05, 4.69) is 47.9 Å². The van der Waals surface area contributed by atoms with Gasteiger partial charge in [-0.05, 0) is 81.1 Å². The van der Waals surface area contributed by atoms with Crippen molar-refractivity contribution in [3.05, 3.63) is 29.8 Å². The molecule has 1 aromatic rings. The molecule has 2 heterocycles. The number of fused-ring (bicyclic) bond motifs is 1. The van der Waals surface area contributed by atoms with Crippen molar-refractivity contribution in [1.29, 1.82) is 0 Å². The molecule has 1 aromatic carbocycles. The maximum Gasteiger partial charge on any atom is 0.119 e. The minimum Gasteiger partial charge on any atom is -0.491 e. The van der Waals surface area contributed by atoms with Crippen molar-refractivity contribution >= 4 is 0 Å². The lowest BCUT2D eigenvalue weighted by molar-refractivity contribution is 0.0967. The monoisotopic (exact) mass is 400 g/mol. The summed E-state index contributed by atoms with van der Waals surface area (Å²) in [6, 6.07) is 8.70. The van der Waals surface area contributed by atoms with Crippen LogP contribution in [0.2, 0.25) is 0 Å². The topological polar surface area (TPSA) is 24.9 Å². The predicted molar refractivity (Wildman–Crippen MR) is 118 cm³/mol. The predicted octanol–water partition coefficient (Wildman–Crippen LogP) is 4.43.